The van der Waals surface area contributed by atoms with Gasteiger partial charge in [0.2, 0.25) is 0 Å². The zero-order valence-electron chi connectivity index (χ0n) is 14.7. The second-order valence-electron chi connectivity index (χ2n) is 6.76. The van der Waals surface area contributed by atoms with E-state index in [2.05, 4.69) is 5.32 Å². The van der Waals surface area contributed by atoms with Crippen molar-refractivity contribution in [3.05, 3.63) is 34.9 Å². The van der Waals surface area contributed by atoms with E-state index in [0.29, 0.717) is 0 Å². The lowest BCUT2D eigenvalue weighted by molar-refractivity contribution is -0.125. The molecule has 0 bridgehead atoms. The Hall–Kier alpha value is -2.70. The van der Waals surface area contributed by atoms with E-state index in [1.54, 1.807) is 0 Å². The van der Waals surface area contributed by atoms with Crippen molar-refractivity contribution >= 4 is 23.7 Å². The fraction of sp³-hybridized carbons (Fsp3) is 0.474. The Morgan fingerprint density at radius 1 is 1.08 bits per heavy atom. The monoisotopic (exact) mass is 358 g/mol. The third kappa shape index (κ3) is 3.76. The summed E-state index contributed by atoms with van der Waals surface area (Å²) in [6.45, 7) is -0.362. The lowest BCUT2D eigenvalue weighted by Crippen LogP contribution is -2.37. The number of amides is 3. The summed E-state index contributed by atoms with van der Waals surface area (Å²) in [5.41, 5.74) is 0.581. The zero-order valence-corrected chi connectivity index (χ0v) is 14.7. The van der Waals surface area contributed by atoms with Gasteiger partial charge in [0.05, 0.1) is 16.7 Å². The van der Waals surface area contributed by atoms with E-state index in [0.717, 1.165) is 30.6 Å². The van der Waals surface area contributed by atoms with Crippen LogP contribution in [0.4, 0.5) is 0 Å². The number of carbonyl (C=O) groups is 4. The number of rotatable bonds is 4. The number of esters is 1. The molecule has 7 nitrogen and oxygen atoms in total. The molecule has 1 fully saturated rings. The molecule has 1 N–H and O–H groups in total. The Kier molecular flexibility index (Phi) is 5.35. The number of fused-ring (bicyclic) bond motifs is 1. The molecule has 1 aliphatic carbocycles. The highest BCUT2D eigenvalue weighted by molar-refractivity contribution is 6.21. The van der Waals surface area contributed by atoms with Crippen molar-refractivity contribution in [3.63, 3.8) is 0 Å². The maximum absolute atomic E-state index is 12.2. The molecule has 1 aromatic rings. The van der Waals surface area contributed by atoms with Gasteiger partial charge in [-0.25, -0.2) is 4.79 Å². The highest BCUT2D eigenvalue weighted by Gasteiger charge is 2.33. The smallest absolute Gasteiger partial charge is 0.338 e. The third-order valence-electron chi connectivity index (χ3n) is 4.88. The van der Waals surface area contributed by atoms with Gasteiger partial charge in [0.15, 0.2) is 6.61 Å². The standard InChI is InChI=1S/C19H22N2O5/c1-21-17(23)14-9-8-12(10-15(14)18(21)24)19(25)26-11-16(22)20-13-6-4-2-3-5-7-13/h8-10,13H,2-7,11H2,1H3,(H,20,22). The first-order valence-electron chi connectivity index (χ1n) is 8.90. The molecule has 0 unspecified atom stereocenters. The van der Waals surface area contributed by atoms with Crippen molar-refractivity contribution in [2.45, 2.75) is 44.6 Å². The minimum atomic E-state index is -0.696. The Labute approximate surface area is 151 Å². The van der Waals surface area contributed by atoms with Crippen LogP contribution in [0.15, 0.2) is 18.2 Å². The summed E-state index contributed by atoms with van der Waals surface area (Å²) in [6.07, 6.45) is 6.48. The average Bonchev–Trinajstić information content (AvgIpc) is 2.83. The molecule has 0 radical (unpaired) electrons. The van der Waals surface area contributed by atoms with Gasteiger partial charge in [-0.3, -0.25) is 19.3 Å². The Bertz CT molecular complexity index is 750. The lowest BCUT2D eigenvalue weighted by Gasteiger charge is -2.16. The first-order valence-corrected chi connectivity index (χ1v) is 8.90. The van der Waals surface area contributed by atoms with Gasteiger partial charge in [-0.2, -0.15) is 0 Å². The number of nitrogens with one attached hydrogen (secondary N) is 1. The largest absolute Gasteiger partial charge is 0.452 e. The second kappa shape index (κ2) is 7.68. The molecule has 2 aliphatic rings. The molecule has 0 spiro atoms. The molecule has 3 amide bonds. The number of carbonyl (C=O) groups excluding carboxylic acids is 4. The maximum Gasteiger partial charge on any atom is 0.338 e. The summed E-state index contributed by atoms with van der Waals surface area (Å²) < 4.78 is 5.05. The highest BCUT2D eigenvalue weighted by atomic mass is 16.5. The highest BCUT2D eigenvalue weighted by Crippen LogP contribution is 2.23. The van der Waals surface area contributed by atoms with E-state index < -0.39 is 17.8 Å². The average molecular weight is 358 g/mol. The van der Waals surface area contributed by atoms with Crippen LogP contribution in [0, 0.1) is 0 Å². The summed E-state index contributed by atoms with van der Waals surface area (Å²) in [6, 6.07) is 4.34. The molecule has 1 heterocycles. The third-order valence-corrected chi connectivity index (χ3v) is 4.88. The van der Waals surface area contributed by atoms with E-state index in [9.17, 15) is 19.2 Å². The normalized spacial score (nSPS) is 17.7. The predicted molar refractivity (Wildman–Crippen MR) is 92.8 cm³/mol. The number of nitrogens with zero attached hydrogens (tertiary/aromatic N) is 1. The van der Waals surface area contributed by atoms with Gasteiger partial charge in [0.1, 0.15) is 0 Å². The van der Waals surface area contributed by atoms with Crippen molar-refractivity contribution in [1.82, 2.24) is 10.2 Å². The summed E-state index contributed by atoms with van der Waals surface area (Å²) in [5.74, 6) is -1.87. The first kappa shape index (κ1) is 18.1. The van der Waals surface area contributed by atoms with Crippen molar-refractivity contribution in [2.24, 2.45) is 0 Å². The minimum Gasteiger partial charge on any atom is -0.452 e. The molecule has 0 atom stereocenters. The molecule has 1 saturated carbocycles. The van der Waals surface area contributed by atoms with Gasteiger partial charge in [-0.1, -0.05) is 25.7 Å². The van der Waals surface area contributed by atoms with Gasteiger partial charge < -0.3 is 10.1 Å². The molecular weight excluding hydrogens is 336 g/mol. The van der Waals surface area contributed by atoms with Gasteiger partial charge in [-0.05, 0) is 31.0 Å². The van der Waals surface area contributed by atoms with Crippen LogP contribution in [-0.4, -0.2) is 48.3 Å². The number of benzene rings is 1. The van der Waals surface area contributed by atoms with Crippen molar-refractivity contribution in [2.75, 3.05) is 13.7 Å². The van der Waals surface area contributed by atoms with Crippen LogP contribution in [0.1, 0.15) is 69.6 Å². The van der Waals surface area contributed by atoms with Crippen molar-refractivity contribution in [1.29, 1.82) is 0 Å². The molecule has 1 aromatic carbocycles. The molecule has 0 aromatic heterocycles. The van der Waals surface area contributed by atoms with Crippen LogP contribution < -0.4 is 5.32 Å². The number of imide groups is 1. The SMILES string of the molecule is CN1C(=O)c2ccc(C(=O)OCC(=O)NC3CCCCCC3)cc2C1=O. The van der Waals surface area contributed by atoms with Crippen LogP contribution in [0.25, 0.3) is 0 Å². The molecular formula is C19H22N2O5. The van der Waals surface area contributed by atoms with Crippen molar-refractivity contribution < 1.29 is 23.9 Å². The number of hydrogen-bond donors (Lipinski definition) is 1. The summed E-state index contributed by atoms with van der Waals surface area (Å²) in [5, 5.41) is 2.90. The van der Waals surface area contributed by atoms with E-state index in [-0.39, 0.29) is 35.2 Å². The topological polar surface area (TPSA) is 92.8 Å². The Morgan fingerprint density at radius 2 is 1.73 bits per heavy atom. The minimum absolute atomic E-state index is 0.141. The van der Waals surface area contributed by atoms with Gasteiger partial charge >= 0.3 is 5.97 Å². The summed E-state index contributed by atoms with van der Waals surface area (Å²) in [4.78, 5) is 49.0. The van der Waals surface area contributed by atoms with Gasteiger partial charge in [0, 0.05) is 13.1 Å². The maximum atomic E-state index is 12.2. The Balaban J connectivity index is 1.56. The van der Waals surface area contributed by atoms with Crippen LogP contribution >= 0.6 is 0 Å². The summed E-state index contributed by atoms with van der Waals surface area (Å²) in [7, 11) is 1.39. The van der Waals surface area contributed by atoms with Crippen LogP contribution in [0.2, 0.25) is 0 Å². The quantitative estimate of drug-likeness (QED) is 0.504. The predicted octanol–water partition coefficient (Wildman–Crippen LogP) is 1.91. The van der Waals surface area contributed by atoms with E-state index in [4.69, 9.17) is 4.74 Å². The van der Waals surface area contributed by atoms with Gasteiger partial charge in [0.25, 0.3) is 17.7 Å². The number of hydrogen-bond acceptors (Lipinski definition) is 5. The molecule has 0 saturated heterocycles. The summed E-state index contributed by atoms with van der Waals surface area (Å²) >= 11 is 0. The second-order valence-corrected chi connectivity index (χ2v) is 6.76. The fourth-order valence-electron chi connectivity index (χ4n) is 3.40. The van der Waals surface area contributed by atoms with Crippen molar-refractivity contribution in [3.8, 4) is 0 Å². The molecule has 3 rings (SSSR count). The lowest BCUT2D eigenvalue weighted by atomic mass is 10.1. The van der Waals surface area contributed by atoms with Gasteiger partial charge in [-0.15, -0.1) is 0 Å². The first-order chi connectivity index (χ1) is 12.5. The zero-order chi connectivity index (χ0) is 18.7. The molecule has 7 heteroatoms. The molecule has 1 aliphatic heterocycles. The fourth-order valence-corrected chi connectivity index (χ4v) is 3.40. The Morgan fingerprint density at radius 3 is 2.42 bits per heavy atom. The van der Waals surface area contributed by atoms with Crippen LogP contribution in [-0.2, 0) is 9.53 Å². The molecule has 138 valence electrons. The molecule has 26 heavy (non-hydrogen) atoms. The van der Waals surface area contributed by atoms with E-state index in [1.807, 2.05) is 0 Å². The van der Waals surface area contributed by atoms with E-state index in [1.165, 1.54) is 38.1 Å². The van der Waals surface area contributed by atoms with E-state index >= 15 is 0 Å². The number of ether oxygens (including phenoxy) is 1. The van der Waals surface area contributed by atoms with Crippen LogP contribution in [0.3, 0.4) is 0 Å². The van der Waals surface area contributed by atoms with Crippen LogP contribution in [0.5, 0.6) is 0 Å².